The molecule has 0 spiro atoms. The molecule has 1 aliphatic carbocycles. The monoisotopic (exact) mass is 581 g/mol. The predicted octanol–water partition coefficient (Wildman–Crippen LogP) is 4.82. The molecule has 1 aromatic carbocycles. The van der Waals surface area contributed by atoms with Gasteiger partial charge >= 0.3 is 6.18 Å². The molecule has 36 heavy (non-hydrogen) atoms. The molecule has 1 aliphatic heterocycles. The molecule has 3 rings (SSSR count). The van der Waals surface area contributed by atoms with Crippen LogP contribution in [-0.2, 0) is 16.2 Å². The van der Waals surface area contributed by atoms with Gasteiger partial charge in [0.25, 0.3) is 5.91 Å². The Kier molecular flexibility index (Phi) is 10.1. The second-order valence-electron chi connectivity index (χ2n) is 9.15. The summed E-state index contributed by atoms with van der Waals surface area (Å²) in [6.07, 6.45) is -5.14. The van der Waals surface area contributed by atoms with Crippen LogP contribution in [0.25, 0.3) is 0 Å². The van der Waals surface area contributed by atoms with Gasteiger partial charge in [-0.25, -0.2) is 17.2 Å². The van der Waals surface area contributed by atoms with Gasteiger partial charge in [-0.05, 0) is 37.5 Å². The molecule has 0 radical (unpaired) electrons. The predicted molar refractivity (Wildman–Crippen MR) is 129 cm³/mol. The third-order valence-electron chi connectivity index (χ3n) is 6.79. The van der Waals surface area contributed by atoms with E-state index < -0.39 is 57.5 Å². The number of sulfonamides is 1. The van der Waals surface area contributed by atoms with Crippen molar-refractivity contribution in [3.05, 3.63) is 34.3 Å². The van der Waals surface area contributed by atoms with Crippen molar-refractivity contribution in [3.8, 4) is 0 Å². The van der Waals surface area contributed by atoms with Crippen molar-refractivity contribution < 1.29 is 35.2 Å². The van der Waals surface area contributed by atoms with Crippen LogP contribution < -0.4 is 5.32 Å². The van der Waals surface area contributed by atoms with Crippen molar-refractivity contribution in [2.75, 3.05) is 38.5 Å². The van der Waals surface area contributed by atoms with Crippen molar-refractivity contribution in [3.63, 3.8) is 0 Å². The number of halogens is 7. The Morgan fingerprint density at radius 2 is 1.67 bits per heavy atom. The Hall–Kier alpha value is -1.21. The van der Waals surface area contributed by atoms with Crippen molar-refractivity contribution >= 4 is 39.9 Å². The van der Waals surface area contributed by atoms with Crippen LogP contribution >= 0.6 is 24.0 Å². The Labute approximate surface area is 219 Å². The Balaban J connectivity index is 0.00000456. The molecule has 1 aromatic rings. The van der Waals surface area contributed by atoms with Crippen LogP contribution in [0.4, 0.5) is 22.0 Å². The van der Waals surface area contributed by atoms with E-state index in [1.165, 1.54) is 10.4 Å². The minimum Gasteiger partial charge on any atom is -0.350 e. The van der Waals surface area contributed by atoms with Crippen molar-refractivity contribution in [2.24, 2.45) is 0 Å². The summed E-state index contributed by atoms with van der Waals surface area (Å²) in [5, 5.41) is 2.36. The van der Waals surface area contributed by atoms with Crippen molar-refractivity contribution in [1.29, 1.82) is 0 Å². The summed E-state index contributed by atoms with van der Waals surface area (Å²) in [5.41, 5.74) is -2.70. The van der Waals surface area contributed by atoms with Gasteiger partial charge < -0.3 is 5.32 Å². The first kappa shape index (κ1) is 31.0. The molecule has 0 aromatic heterocycles. The van der Waals surface area contributed by atoms with E-state index in [1.54, 1.807) is 6.92 Å². The lowest BCUT2D eigenvalue weighted by molar-refractivity contribution is -0.138. The van der Waals surface area contributed by atoms with Crippen LogP contribution in [0.5, 0.6) is 0 Å². The van der Waals surface area contributed by atoms with E-state index in [0.717, 1.165) is 6.07 Å². The number of rotatable bonds is 7. The molecular formula is C22H30Cl2F5N3O3S. The number of benzene rings is 1. The third kappa shape index (κ3) is 7.21. The smallest absolute Gasteiger partial charge is 0.350 e. The number of nitrogens with one attached hydrogen (secondary N) is 1. The average molecular weight is 582 g/mol. The summed E-state index contributed by atoms with van der Waals surface area (Å²) >= 11 is 5.68. The second-order valence-corrected chi connectivity index (χ2v) is 11.7. The maximum absolute atomic E-state index is 14.0. The second kappa shape index (κ2) is 11.7. The fourth-order valence-corrected chi connectivity index (χ4v) is 6.47. The lowest BCUT2D eigenvalue weighted by Gasteiger charge is -2.50. The van der Waals surface area contributed by atoms with Crippen molar-refractivity contribution in [1.82, 2.24) is 14.5 Å². The largest absolute Gasteiger partial charge is 0.417 e. The molecule has 1 saturated heterocycles. The molecule has 6 nitrogen and oxygen atoms in total. The first-order chi connectivity index (χ1) is 16.2. The van der Waals surface area contributed by atoms with Gasteiger partial charge in [-0.1, -0.05) is 18.5 Å². The Morgan fingerprint density at radius 3 is 2.19 bits per heavy atom. The van der Waals surface area contributed by atoms with Gasteiger partial charge in [-0.2, -0.15) is 17.5 Å². The fourth-order valence-electron chi connectivity index (χ4n) is 4.80. The van der Waals surface area contributed by atoms with E-state index in [0.29, 0.717) is 12.5 Å². The lowest BCUT2D eigenvalue weighted by Crippen LogP contribution is -2.63. The number of nitrogens with zero attached hydrogens (tertiary/aromatic N) is 2. The van der Waals surface area contributed by atoms with Crippen molar-refractivity contribution in [2.45, 2.75) is 56.7 Å². The van der Waals surface area contributed by atoms with Gasteiger partial charge in [0.1, 0.15) is 0 Å². The lowest BCUT2D eigenvalue weighted by atomic mass is 9.78. The van der Waals surface area contributed by atoms with Gasteiger partial charge in [0, 0.05) is 56.1 Å². The molecule has 0 unspecified atom stereocenters. The van der Waals surface area contributed by atoms with Crippen LogP contribution in [-0.4, -0.2) is 73.5 Å². The van der Waals surface area contributed by atoms with E-state index >= 15 is 0 Å². The highest BCUT2D eigenvalue weighted by Gasteiger charge is 2.48. The summed E-state index contributed by atoms with van der Waals surface area (Å²) < 4.78 is 94.4. The molecule has 1 saturated carbocycles. The molecule has 2 aliphatic rings. The molecule has 14 heteroatoms. The maximum atomic E-state index is 14.0. The maximum Gasteiger partial charge on any atom is 0.417 e. The van der Waals surface area contributed by atoms with Gasteiger partial charge in [0.15, 0.2) is 0 Å². The molecule has 2 fully saturated rings. The minimum atomic E-state index is -4.80. The highest BCUT2D eigenvalue weighted by Crippen LogP contribution is 2.42. The molecule has 0 atom stereocenters. The van der Waals surface area contributed by atoms with Gasteiger partial charge in [-0.15, -0.1) is 12.4 Å². The summed E-state index contributed by atoms with van der Waals surface area (Å²) in [7, 11) is -3.41. The van der Waals surface area contributed by atoms with Crippen LogP contribution in [0.1, 0.15) is 54.9 Å². The number of hydrogen-bond donors (Lipinski definition) is 1. The number of alkyl halides is 5. The summed E-state index contributed by atoms with van der Waals surface area (Å²) in [4.78, 5) is 14.7. The first-order valence-corrected chi connectivity index (χ1v) is 13.4. The standard InChI is InChI=1S/C22H29ClF5N3O3S.ClH/c1-2-13-35(33,34)31-11-9-30(10-12-31)20(5-7-21(24,25)8-6-20)15-29-19(32)17-4-3-16(23)14-18(17)22(26,27)28;/h3-4,14H,2,5-13,15H2,1H3,(H,29,32);1H. The minimum absolute atomic E-state index is 0. The number of piperazine rings is 1. The summed E-state index contributed by atoms with van der Waals surface area (Å²) in [6.45, 7) is 2.55. The van der Waals surface area contributed by atoms with Gasteiger partial charge in [0.05, 0.1) is 16.9 Å². The number of carbonyl (C=O) groups excluding carboxylic acids is 1. The van der Waals surface area contributed by atoms with E-state index in [-0.39, 0.29) is 68.7 Å². The fraction of sp³-hybridized carbons (Fsp3) is 0.682. The van der Waals surface area contributed by atoms with E-state index in [1.807, 2.05) is 4.90 Å². The zero-order valence-corrected chi connectivity index (χ0v) is 22.1. The highest BCUT2D eigenvalue weighted by atomic mass is 35.5. The summed E-state index contributed by atoms with van der Waals surface area (Å²) in [5.74, 6) is -3.82. The van der Waals surface area contributed by atoms with Crippen LogP contribution in [0.15, 0.2) is 18.2 Å². The van der Waals surface area contributed by atoms with Crippen LogP contribution in [0, 0.1) is 0 Å². The Bertz CT molecular complexity index is 1020. The van der Waals surface area contributed by atoms with Crippen LogP contribution in [0.2, 0.25) is 5.02 Å². The molecule has 206 valence electrons. The topological polar surface area (TPSA) is 69.7 Å². The Morgan fingerprint density at radius 1 is 1.08 bits per heavy atom. The van der Waals surface area contributed by atoms with Gasteiger partial charge in [-0.3, -0.25) is 9.69 Å². The third-order valence-corrected chi connectivity index (χ3v) is 9.10. The van der Waals surface area contributed by atoms with E-state index in [2.05, 4.69) is 5.32 Å². The first-order valence-electron chi connectivity index (χ1n) is 11.4. The molecule has 1 heterocycles. The van der Waals surface area contributed by atoms with Crippen LogP contribution in [0.3, 0.4) is 0 Å². The number of carbonyl (C=O) groups is 1. The molecule has 0 bridgehead atoms. The van der Waals surface area contributed by atoms with E-state index in [9.17, 15) is 35.2 Å². The zero-order chi connectivity index (χ0) is 26.1. The summed E-state index contributed by atoms with van der Waals surface area (Å²) in [6, 6.07) is 2.83. The zero-order valence-electron chi connectivity index (χ0n) is 19.7. The van der Waals surface area contributed by atoms with Gasteiger partial charge in [0.2, 0.25) is 15.9 Å². The number of amides is 1. The SMILES string of the molecule is CCCS(=O)(=O)N1CCN(C2(CNC(=O)c3ccc(Cl)cc3C(F)(F)F)CCC(F)(F)CC2)CC1.Cl. The normalized spacial score (nSPS) is 21.0. The molecule has 1 N–H and O–H groups in total. The highest BCUT2D eigenvalue weighted by molar-refractivity contribution is 7.89. The average Bonchev–Trinajstić information content (AvgIpc) is 2.78. The quantitative estimate of drug-likeness (QED) is 0.469. The molecular weight excluding hydrogens is 552 g/mol. The number of hydrogen-bond acceptors (Lipinski definition) is 4. The molecule has 1 amide bonds. The van der Waals surface area contributed by atoms with E-state index in [4.69, 9.17) is 11.6 Å².